The lowest BCUT2D eigenvalue weighted by atomic mass is 10.1. The normalized spacial score (nSPS) is 17.0. The van der Waals surface area contributed by atoms with Gasteiger partial charge in [-0.1, -0.05) is 6.07 Å². The number of halogens is 1. The minimum absolute atomic E-state index is 0.196. The van der Waals surface area contributed by atoms with Crippen LogP contribution in [0.1, 0.15) is 34.9 Å². The van der Waals surface area contributed by atoms with Crippen molar-refractivity contribution in [3.05, 3.63) is 66.1 Å². The van der Waals surface area contributed by atoms with Gasteiger partial charge in [-0.3, -0.25) is 9.78 Å². The Balaban J connectivity index is 1.70. The number of carbonyl (C=O) groups excluding carboxylic acids is 1. The summed E-state index contributed by atoms with van der Waals surface area (Å²) in [5.41, 5.74) is 1.69. The molecule has 0 aliphatic carbocycles. The van der Waals surface area contributed by atoms with Crippen molar-refractivity contribution in [2.24, 2.45) is 0 Å². The van der Waals surface area contributed by atoms with Gasteiger partial charge in [0, 0.05) is 36.9 Å². The average molecular weight is 337 g/mol. The number of hydrogen-bond donors (Lipinski definition) is 1. The zero-order valence-corrected chi connectivity index (χ0v) is 13.4. The predicted octanol–water partition coefficient (Wildman–Crippen LogP) is 2.98. The predicted molar refractivity (Wildman–Crippen MR) is 89.0 cm³/mol. The number of hydrogen-bond acceptors (Lipinski definition) is 4. The largest absolute Gasteiger partial charge is 0.343 e. The Labute approximate surface area is 143 Å². The summed E-state index contributed by atoms with van der Waals surface area (Å²) in [7, 11) is 0. The molecule has 0 radical (unpaired) electrons. The molecule has 0 bridgehead atoms. The summed E-state index contributed by atoms with van der Waals surface area (Å²) >= 11 is 0. The van der Waals surface area contributed by atoms with E-state index in [0.29, 0.717) is 29.3 Å². The van der Waals surface area contributed by atoms with E-state index in [-0.39, 0.29) is 11.9 Å². The highest BCUT2D eigenvalue weighted by atomic mass is 19.1. The molecule has 0 saturated carbocycles. The lowest BCUT2D eigenvalue weighted by Crippen LogP contribution is -2.31. The third kappa shape index (κ3) is 2.88. The number of likely N-dealkylation sites (tertiary alicyclic amines) is 1. The van der Waals surface area contributed by atoms with Crippen LogP contribution in [0.25, 0.3) is 11.5 Å². The quantitative estimate of drug-likeness (QED) is 0.797. The Morgan fingerprint density at radius 1 is 1.20 bits per heavy atom. The van der Waals surface area contributed by atoms with Crippen molar-refractivity contribution in [2.45, 2.75) is 18.9 Å². The first-order valence-electron chi connectivity index (χ1n) is 8.11. The van der Waals surface area contributed by atoms with Crippen LogP contribution in [0, 0.1) is 5.82 Å². The van der Waals surface area contributed by atoms with Crippen molar-refractivity contribution in [1.29, 1.82) is 0 Å². The molecule has 1 aliphatic heterocycles. The molecule has 1 atom stereocenters. The molecule has 7 heteroatoms. The molecule has 1 N–H and O–H groups in total. The number of nitrogens with one attached hydrogen (secondary N) is 1. The molecule has 1 amide bonds. The van der Waals surface area contributed by atoms with Crippen LogP contribution in [0.2, 0.25) is 0 Å². The minimum Gasteiger partial charge on any atom is -0.343 e. The first-order chi connectivity index (χ1) is 12.2. The summed E-state index contributed by atoms with van der Waals surface area (Å²) in [5, 5.41) is 0. The fourth-order valence-corrected chi connectivity index (χ4v) is 3.25. The molecular weight excluding hydrogens is 321 g/mol. The van der Waals surface area contributed by atoms with E-state index in [9.17, 15) is 9.18 Å². The fourth-order valence-electron chi connectivity index (χ4n) is 3.25. The maximum Gasteiger partial charge on any atom is 0.254 e. The van der Waals surface area contributed by atoms with Gasteiger partial charge in [0.05, 0.1) is 11.7 Å². The fraction of sp³-hybridized carbons (Fsp3) is 0.222. The molecule has 126 valence electrons. The van der Waals surface area contributed by atoms with Crippen LogP contribution in [0.3, 0.4) is 0 Å². The Hall–Kier alpha value is -3.09. The number of nitrogens with zero attached hydrogens (tertiary/aromatic N) is 4. The van der Waals surface area contributed by atoms with Gasteiger partial charge in [0.2, 0.25) is 0 Å². The summed E-state index contributed by atoms with van der Waals surface area (Å²) in [6.45, 7) is 0.605. The van der Waals surface area contributed by atoms with Gasteiger partial charge in [0.15, 0.2) is 5.82 Å². The van der Waals surface area contributed by atoms with Crippen LogP contribution in [0.15, 0.2) is 49.1 Å². The highest BCUT2D eigenvalue weighted by Crippen LogP contribution is 2.35. The molecule has 1 aliphatic rings. The van der Waals surface area contributed by atoms with Crippen LogP contribution in [-0.4, -0.2) is 37.3 Å². The second-order valence-corrected chi connectivity index (χ2v) is 5.89. The van der Waals surface area contributed by atoms with E-state index in [1.165, 1.54) is 12.1 Å². The van der Waals surface area contributed by atoms with Crippen molar-refractivity contribution < 1.29 is 9.18 Å². The number of imidazole rings is 1. The van der Waals surface area contributed by atoms with E-state index < -0.39 is 5.82 Å². The zero-order chi connectivity index (χ0) is 17.2. The van der Waals surface area contributed by atoms with Gasteiger partial charge in [-0.05, 0) is 31.0 Å². The molecule has 0 spiro atoms. The van der Waals surface area contributed by atoms with Gasteiger partial charge in [0.25, 0.3) is 5.91 Å². The van der Waals surface area contributed by atoms with Crippen LogP contribution in [-0.2, 0) is 0 Å². The molecule has 3 aromatic rings. The second-order valence-electron chi connectivity index (χ2n) is 5.89. The number of rotatable bonds is 3. The molecule has 4 rings (SSSR count). The number of carbonyl (C=O) groups is 1. The average Bonchev–Trinajstić information content (AvgIpc) is 3.33. The van der Waals surface area contributed by atoms with Crippen molar-refractivity contribution >= 4 is 5.91 Å². The maximum atomic E-state index is 13.5. The molecular formula is C18H16FN5O. The Morgan fingerprint density at radius 2 is 2.08 bits per heavy atom. The smallest absolute Gasteiger partial charge is 0.254 e. The van der Waals surface area contributed by atoms with E-state index in [1.54, 1.807) is 41.8 Å². The molecule has 2 aromatic heterocycles. The molecule has 3 heterocycles. The van der Waals surface area contributed by atoms with Crippen molar-refractivity contribution in [2.75, 3.05) is 6.54 Å². The van der Waals surface area contributed by atoms with Crippen LogP contribution in [0.5, 0.6) is 0 Å². The molecule has 1 saturated heterocycles. The molecule has 25 heavy (non-hydrogen) atoms. The summed E-state index contributed by atoms with van der Waals surface area (Å²) < 4.78 is 13.5. The van der Waals surface area contributed by atoms with Crippen LogP contribution < -0.4 is 0 Å². The summed E-state index contributed by atoms with van der Waals surface area (Å²) in [6, 6.07) is 5.57. The van der Waals surface area contributed by atoms with Crippen molar-refractivity contribution in [3.8, 4) is 11.5 Å². The van der Waals surface area contributed by atoms with Gasteiger partial charge in [-0.15, -0.1) is 0 Å². The van der Waals surface area contributed by atoms with E-state index in [2.05, 4.69) is 19.9 Å². The van der Waals surface area contributed by atoms with Crippen molar-refractivity contribution in [1.82, 2.24) is 24.8 Å². The number of amides is 1. The minimum atomic E-state index is -0.419. The highest BCUT2D eigenvalue weighted by Gasteiger charge is 2.34. The summed E-state index contributed by atoms with van der Waals surface area (Å²) in [4.78, 5) is 30.8. The molecule has 6 nitrogen and oxygen atoms in total. The lowest BCUT2D eigenvalue weighted by molar-refractivity contribution is 0.0732. The van der Waals surface area contributed by atoms with Gasteiger partial charge >= 0.3 is 0 Å². The Morgan fingerprint density at radius 3 is 2.88 bits per heavy atom. The van der Waals surface area contributed by atoms with Crippen molar-refractivity contribution in [3.63, 3.8) is 0 Å². The Kier molecular flexibility index (Phi) is 3.97. The van der Waals surface area contributed by atoms with Crippen LogP contribution >= 0.6 is 0 Å². The third-order valence-electron chi connectivity index (χ3n) is 4.35. The first kappa shape index (κ1) is 15.4. The topological polar surface area (TPSA) is 74.8 Å². The van der Waals surface area contributed by atoms with Gasteiger partial charge in [-0.2, -0.15) is 0 Å². The van der Waals surface area contributed by atoms with Gasteiger partial charge in [0.1, 0.15) is 11.5 Å². The standard InChI is InChI=1S/C18H16FN5O/c19-13-4-1-3-12(11-13)18(25)24-10-2-5-14(24)15-16(21-7-6-20-15)17-22-8-9-23-17/h1,3-4,6-9,11,14H,2,5,10H2,(H,22,23)/t14-/m1/s1. The Bertz CT molecular complexity index is 896. The third-order valence-corrected chi connectivity index (χ3v) is 4.35. The number of benzene rings is 1. The SMILES string of the molecule is O=C(c1cccc(F)c1)N1CCC[C@@H]1c1nccnc1-c1ncc[nH]1. The first-order valence-corrected chi connectivity index (χ1v) is 8.11. The van der Waals surface area contributed by atoms with Gasteiger partial charge < -0.3 is 9.88 Å². The number of aromatic nitrogens is 4. The number of H-pyrrole nitrogens is 1. The summed E-state index contributed by atoms with van der Waals surface area (Å²) in [5.74, 6) is 0.00331. The highest BCUT2D eigenvalue weighted by molar-refractivity contribution is 5.94. The number of aromatic amines is 1. The second kappa shape index (κ2) is 6.43. The van der Waals surface area contributed by atoms with E-state index in [4.69, 9.17) is 0 Å². The summed E-state index contributed by atoms with van der Waals surface area (Å²) in [6.07, 6.45) is 8.24. The molecule has 1 fully saturated rings. The van der Waals surface area contributed by atoms with Crippen LogP contribution in [0.4, 0.5) is 4.39 Å². The van der Waals surface area contributed by atoms with E-state index >= 15 is 0 Å². The zero-order valence-electron chi connectivity index (χ0n) is 13.4. The molecule has 0 unspecified atom stereocenters. The lowest BCUT2D eigenvalue weighted by Gasteiger charge is -2.25. The molecule has 1 aromatic carbocycles. The monoisotopic (exact) mass is 337 g/mol. The van der Waals surface area contributed by atoms with Gasteiger partial charge in [-0.25, -0.2) is 14.4 Å². The van der Waals surface area contributed by atoms with E-state index in [1.807, 2.05) is 0 Å². The van der Waals surface area contributed by atoms with E-state index in [0.717, 1.165) is 12.8 Å². The maximum absolute atomic E-state index is 13.5.